The molecular weight excluding hydrogens is 412 g/mol. The van der Waals surface area contributed by atoms with E-state index in [9.17, 15) is 13.2 Å². The molecule has 31 heavy (non-hydrogen) atoms. The first-order valence-corrected chi connectivity index (χ1v) is 12.2. The maximum absolute atomic E-state index is 12.7. The summed E-state index contributed by atoms with van der Waals surface area (Å²) in [7, 11) is -1.34. The van der Waals surface area contributed by atoms with Gasteiger partial charge in [-0.3, -0.25) is 4.79 Å². The summed E-state index contributed by atoms with van der Waals surface area (Å²) >= 11 is 0. The number of anilines is 2. The number of carbonyl (C=O) groups is 1. The third kappa shape index (κ3) is 4.76. The molecule has 2 aromatic rings. The van der Waals surface area contributed by atoms with E-state index in [1.807, 2.05) is 19.1 Å². The molecule has 1 N–H and O–H groups in total. The maximum atomic E-state index is 12.7. The van der Waals surface area contributed by atoms with Crippen LogP contribution in [0, 0.1) is 6.92 Å². The Hall–Kier alpha value is -2.42. The highest BCUT2D eigenvalue weighted by Gasteiger charge is 2.27. The van der Waals surface area contributed by atoms with Crippen LogP contribution in [0.2, 0.25) is 0 Å². The number of rotatable bonds is 5. The number of benzene rings is 2. The van der Waals surface area contributed by atoms with Crippen molar-refractivity contribution in [2.24, 2.45) is 0 Å². The normalized spacial score (nSPS) is 18.3. The molecule has 0 bridgehead atoms. The minimum atomic E-state index is -3.47. The van der Waals surface area contributed by atoms with Crippen LogP contribution in [0.4, 0.5) is 11.4 Å². The minimum absolute atomic E-state index is 0.235. The van der Waals surface area contributed by atoms with Crippen LogP contribution in [0.5, 0.6) is 0 Å². The van der Waals surface area contributed by atoms with Gasteiger partial charge in [0.15, 0.2) is 0 Å². The Morgan fingerprint density at radius 1 is 0.903 bits per heavy atom. The van der Waals surface area contributed by atoms with Gasteiger partial charge in [-0.05, 0) is 74.8 Å². The zero-order chi connectivity index (χ0) is 22.0. The zero-order valence-corrected chi connectivity index (χ0v) is 19.0. The number of likely N-dealkylation sites (N-methyl/N-ethyl adjacent to an activating group) is 1. The summed E-state index contributed by atoms with van der Waals surface area (Å²) in [5, 5.41) is 2.95. The van der Waals surface area contributed by atoms with Gasteiger partial charge in [-0.25, -0.2) is 8.42 Å². The summed E-state index contributed by atoms with van der Waals surface area (Å²) in [5.41, 5.74) is 3.36. The molecule has 0 spiro atoms. The molecule has 0 aromatic heterocycles. The van der Waals surface area contributed by atoms with Gasteiger partial charge in [0.25, 0.3) is 5.91 Å². The Morgan fingerprint density at radius 2 is 1.55 bits per heavy atom. The number of carbonyl (C=O) groups excluding carboxylic acids is 1. The first-order chi connectivity index (χ1) is 14.8. The molecule has 2 heterocycles. The number of nitrogens with one attached hydrogen (secondary N) is 1. The van der Waals surface area contributed by atoms with Crippen LogP contribution in [0.15, 0.2) is 47.4 Å². The van der Waals surface area contributed by atoms with Crippen LogP contribution >= 0.6 is 0 Å². The Labute approximate surface area is 184 Å². The van der Waals surface area contributed by atoms with Crippen LogP contribution < -0.4 is 10.2 Å². The average molecular weight is 443 g/mol. The van der Waals surface area contributed by atoms with Crippen LogP contribution in [-0.4, -0.2) is 69.8 Å². The lowest BCUT2D eigenvalue weighted by Crippen LogP contribution is -2.44. The largest absolute Gasteiger partial charge is 0.369 e. The topological polar surface area (TPSA) is 73.0 Å². The number of nitrogens with zero attached hydrogens (tertiary/aromatic N) is 3. The third-order valence-electron chi connectivity index (χ3n) is 6.15. The molecule has 2 fully saturated rings. The molecule has 2 aliphatic rings. The Balaban J connectivity index is 1.43. The second-order valence-electron chi connectivity index (χ2n) is 8.38. The van der Waals surface area contributed by atoms with Gasteiger partial charge in [-0.15, -0.1) is 0 Å². The van der Waals surface area contributed by atoms with Crippen molar-refractivity contribution in [2.45, 2.75) is 24.7 Å². The van der Waals surface area contributed by atoms with Crippen molar-refractivity contribution in [3.8, 4) is 0 Å². The lowest BCUT2D eigenvalue weighted by atomic mass is 10.1. The average Bonchev–Trinajstić information content (AvgIpc) is 3.32. The molecule has 0 atom stereocenters. The second kappa shape index (κ2) is 8.98. The van der Waals surface area contributed by atoms with E-state index >= 15 is 0 Å². The lowest BCUT2D eigenvalue weighted by molar-refractivity contribution is 0.102. The van der Waals surface area contributed by atoms with Crippen molar-refractivity contribution < 1.29 is 13.2 Å². The number of amides is 1. The van der Waals surface area contributed by atoms with Gasteiger partial charge in [-0.2, -0.15) is 4.31 Å². The van der Waals surface area contributed by atoms with Gasteiger partial charge in [0, 0.05) is 56.2 Å². The molecule has 8 heteroatoms. The van der Waals surface area contributed by atoms with Crippen LogP contribution in [0.3, 0.4) is 0 Å². The molecular formula is C23H30N4O3S. The summed E-state index contributed by atoms with van der Waals surface area (Å²) in [6.07, 6.45) is 1.79. The number of piperazine rings is 1. The van der Waals surface area contributed by atoms with E-state index in [-0.39, 0.29) is 10.8 Å². The molecule has 0 aliphatic carbocycles. The fraction of sp³-hybridized carbons (Fsp3) is 0.435. The smallest absolute Gasteiger partial charge is 0.255 e. The Bertz CT molecular complexity index is 1040. The van der Waals surface area contributed by atoms with E-state index in [1.165, 1.54) is 22.1 Å². The predicted octanol–water partition coefficient (Wildman–Crippen LogP) is 2.78. The molecule has 7 nitrogen and oxygen atoms in total. The van der Waals surface area contributed by atoms with Gasteiger partial charge >= 0.3 is 0 Å². The van der Waals surface area contributed by atoms with Crippen molar-refractivity contribution in [3.05, 3.63) is 53.6 Å². The van der Waals surface area contributed by atoms with Crippen LogP contribution in [0.1, 0.15) is 28.8 Å². The van der Waals surface area contributed by atoms with Crippen LogP contribution in [-0.2, 0) is 10.0 Å². The summed E-state index contributed by atoms with van der Waals surface area (Å²) in [4.78, 5) is 17.6. The number of aryl methyl sites for hydroxylation is 1. The van der Waals surface area contributed by atoms with E-state index in [4.69, 9.17) is 0 Å². The molecule has 0 saturated carbocycles. The highest BCUT2D eigenvalue weighted by Crippen LogP contribution is 2.25. The molecule has 0 radical (unpaired) electrons. The first kappa shape index (κ1) is 21.8. The quantitative estimate of drug-likeness (QED) is 0.771. The zero-order valence-electron chi connectivity index (χ0n) is 18.2. The van der Waals surface area contributed by atoms with Gasteiger partial charge in [-0.1, -0.05) is 0 Å². The van der Waals surface area contributed by atoms with E-state index in [1.54, 1.807) is 12.1 Å². The molecule has 1 amide bonds. The number of sulfonamides is 1. The summed E-state index contributed by atoms with van der Waals surface area (Å²) in [5.74, 6) is -0.249. The summed E-state index contributed by atoms with van der Waals surface area (Å²) in [6, 6.07) is 12.3. The van der Waals surface area contributed by atoms with Crippen molar-refractivity contribution in [2.75, 3.05) is 56.5 Å². The van der Waals surface area contributed by atoms with Gasteiger partial charge in [0.05, 0.1) is 4.90 Å². The van der Waals surface area contributed by atoms with E-state index < -0.39 is 10.0 Å². The maximum Gasteiger partial charge on any atom is 0.255 e. The van der Waals surface area contributed by atoms with Gasteiger partial charge in [0.2, 0.25) is 10.0 Å². The standard InChI is InChI=1S/C23H30N4O3S/c1-18-17-20(26-15-13-25(2)14-16-26)7-10-22(18)24-23(28)19-5-8-21(9-6-19)31(29,30)27-11-3-4-12-27/h5-10,17H,3-4,11-16H2,1-2H3,(H,24,28). The number of hydrogen-bond donors (Lipinski definition) is 1. The molecule has 166 valence electrons. The predicted molar refractivity (Wildman–Crippen MR) is 123 cm³/mol. The molecule has 2 saturated heterocycles. The third-order valence-corrected chi connectivity index (χ3v) is 8.06. The fourth-order valence-corrected chi connectivity index (χ4v) is 5.62. The van der Waals surface area contributed by atoms with Crippen molar-refractivity contribution in [3.63, 3.8) is 0 Å². The van der Waals surface area contributed by atoms with E-state index in [2.05, 4.69) is 28.2 Å². The molecule has 0 unspecified atom stereocenters. The Morgan fingerprint density at radius 3 is 2.16 bits per heavy atom. The fourth-order valence-electron chi connectivity index (χ4n) is 4.10. The van der Waals surface area contributed by atoms with Crippen LogP contribution in [0.25, 0.3) is 0 Å². The van der Waals surface area contributed by atoms with E-state index in [0.717, 1.165) is 50.3 Å². The summed E-state index contributed by atoms with van der Waals surface area (Å²) < 4.78 is 26.8. The minimum Gasteiger partial charge on any atom is -0.369 e. The number of hydrogen-bond acceptors (Lipinski definition) is 5. The van der Waals surface area contributed by atoms with Gasteiger partial charge < -0.3 is 15.1 Å². The van der Waals surface area contributed by atoms with Crippen molar-refractivity contribution in [1.29, 1.82) is 0 Å². The molecule has 2 aliphatic heterocycles. The van der Waals surface area contributed by atoms with Crippen molar-refractivity contribution in [1.82, 2.24) is 9.21 Å². The molecule has 4 rings (SSSR count). The highest BCUT2D eigenvalue weighted by molar-refractivity contribution is 7.89. The second-order valence-corrected chi connectivity index (χ2v) is 10.3. The van der Waals surface area contributed by atoms with E-state index in [0.29, 0.717) is 18.7 Å². The SMILES string of the molecule is Cc1cc(N2CCN(C)CC2)ccc1NC(=O)c1ccc(S(=O)(=O)N2CCCC2)cc1. The Kier molecular flexibility index (Phi) is 6.31. The van der Waals surface area contributed by atoms with Crippen molar-refractivity contribution >= 4 is 27.3 Å². The monoisotopic (exact) mass is 442 g/mol. The molecule has 2 aromatic carbocycles. The first-order valence-electron chi connectivity index (χ1n) is 10.8. The lowest BCUT2D eigenvalue weighted by Gasteiger charge is -2.34. The van der Waals surface area contributed by atoms with Gasteiger partial charge in [0.1, 0.15) is 0 Å². The summed E-state index contributed by atoms with van der Waals surface area (Å²) in [6.45, 7) is 7.19. The highest BCUT2D eigenvalue weighted by atomic mass is 32.2.